The number of ether oxygens (including phenoxy) is 2. The molecule has 4 aromatic rings. The molecule has 0 aliphatic heterocycles. The van der Waals surface area contributed by atoms with Gasteiger partial charge in [-0.05, 0) is 59.7 Å². The van der Waals surface area contributed by atoms with Crippen LogP contribution in [0, 0.1) is 0 Å². The monoisotopic (exact) mass is 435 g/mol. The standard InChI is InChI=1S/C25H19Cl2NO2/c1-29-24-12-7-18(15-25(24)30-2)19-13-22(16-3-8-20(26)9-4-16)28-23(14-19)17-5-10-21(27)11-6-17/h3-15H,1-2H3. The summed E-state index contributed by atoms with van der Waals surface area (Å²) in [4.78, 5) is 4.89. The molecule has 1 aromatic heterocycles. The Bertz CT molecular complexity index is 1110. The van der Waals surface area contributed by atoms with Gasteiger partial charge in [0.05, 0.1) is 25.6 Å². The van der Waals surface area contributed by atoms with Gasteiger partial charge >= 0.3 is 0 Å². The number of benzene rings is 3. The summed E-state index contributed by atoms with van der Waals surface area (Å²) in [7, 11) is 3.26. The summed E-state index contributed by atoms with van der Waals surface area (Å²) < 4.78 is 10.9. The van der Waals surface area contributed by atoms with E-state index in [9.17, 15) is 0 Å². The molecule has 0 saturated heterocycles. The molecule has 0 saturated carbocycles. The molecule has 3 aromatic carbocycles. The number of aromatic nitrogens is 1. The zero-order valence-corrected chi connectivity index (χ0v) is 18.0. The van der Waals surface area contributed by atoms with Gasteiger partial charge in [0.25, 0.3) is 0 Å². The fourth-order valence-electron chi connectivity index (χ4n) is 3.25. The van der Waals surface area contributed by atoms with Gasteiger partial charge in [-0.25, -0.2) is 4.98 Å². The second kappa shape index (κ2) is 8.78. The van der Waals surface area contributed by atoms with Gasteiger partial charge in [0.2, 0.25) is 0 Å². The lowest BCUT2D eigenvalue weighted by Gasteiger charge is -2.13. The maximum atomic E-state index is 6.07. The Balaban J connectivity index is 1.89. The van der Waals surface area contributed by atoms with Gasteiger partial charge in [-0.3, -0.25) is 0 Å². The SMILES string of the molecule is COc1ccc(-c2cc(-c3ccc(Cl)cc3)nc(-c3ccc(Cl)cc3)c2)cc1OC. The van der Waals surface area contributed by atoms with Gasteiger partial charge in [-0.15, -0.1) is 0 Å². The molecule has 0 fully saturated rings. The van der Waals surface area contributed by atoms with Crippen LogP contribution >= 0.6 is 23.2 Å². The third-order valence-electron chi connectivity index (χ3n) is 4.82. The predicted molar refractivity (Wildman–Crippen MR) is 124 cm³/mol. The van der Waals surface area contributed by atoms with E-state index >= 15 is 0 Å². The summed E-state index contributed by atoms with van der Waals surface area (Å²) in [6, 6.07) is 25.3. The van der Waals surface area contributed by atoms with Crippen molar-refractivity contribution in [3.63, 3.8) is 0 Å². The van der Waals surface area contributed by atoms with Crippen LogP contribution in [0.25, 0.3) is 33.6 Å². The van der Waals surface area contributed by atoms with Crippen molar-refractivity contribution in [2.45, 2.75) is 0 Å². The normalized spacial score (nSPS) is 10.7. The zero-order valence-electron chi connectivity index (χ0n) is 16.5. The van der Waals surface area contributed by atoms with Crippen LogP contribution in [0.5, 0.6) is 11.5 Å². The van der Waals surface area contributed by atoms with E-state index in [4.69, 9.17) is 37.7 Å². The molecule has 150 valence electrons. The third-order valence-corrected chi connectivity index (χ3v) is 5.33. The Kier molecular flexibility index (Phi) is 5.93. The maximum Gasteiger partial charge on any atom is 0.161 e. The Labute approximate surface area is 185 Å². The van der Waals surface area contributed by atoms with Gasteiger partial charge in [0.1, 0.15) is 0 Å². The first-order valence-electron chi connectivity index (χ1n) is 9.34. The number of pyridine rings is 1. The predicted octanol–water partition coefficient (Wildman–Crippen LogP) is 7.41. The molecule has 3 nitrogen and oxygen atoms in total. The Morgan fingerprint density at radius 2 is 1.00 bits per heavy atom. The van der Waals surface area contributed by atoms with Crippen molar-refractivity contribution in [3.05, 3.63) is 88.9 Å². The topological polar surface area (TPSA) is 31.4 Å². The van der Waals surface area contributed by atoms with Gasteiger partial charge < -0.3 is 9.47 Å². The molecule has 0 radical (unpaired) electrons. The van der Waals surface area contributed by atoms with E-state index in [1.165, 1.54) is 0 Å². The fraction of sp³-hybridized carbons (Fsp3) is 0.0800. The molecule has 30 heavy (non-hydrogen) atoms. The van der Waals surface area contributed by atoms with Crippen LogP contribution in [0.3, 0.4) is 0 Å². The number of methoxy groups -OCH3 is 2. The van der Waals surface area contributed by atoms with Crippen LogP contribution in [0.1, 0.15) is 0 Å². The highest BCUT2D eigenvalue weighted by Crippen LogP contribution is 2.35. The molecule has 0 spiro atoms. The zero-order chi connectivity index (χ0) is 21.1. The smallest absolute Gasteiger partial charge is 0.161 e. The van der Waals surface area contributed by atoms with Crippen LogP contribution < -0.4 is 9.47 Å². The summed E-state index contributed by atoms with van der Waals surface area (Å²) >= 11 is 12.1. The van der Waals surface area contributed by atoms with E-state index in [1.807, 2.05) is 66.7 Å². The maximum absolute atomic E-state index is 6.07. The fourth-order valence-corrected chi connectivity index (χ4v) is 3.50. The number of nitrogens with zero attached hydrogens (tertiary/aromatic N) is 1. The Morgan fingerprint density at radius 3 is 1.47 bits per heavy atom. The molecule has 0 bridgehead atoms. The number of hydrogen-bond donors (Lipinski definition) is 0. The van der Waals surface area contributed by atoms with Crippen LogP contribution in [-0.2, 0) is 0 Å². The van der Waals surface area contributed by atoms with Crippen molar-refractivity contribution in [1.82, 2.24) is 4.98 Å². The average molecular weight is 436 g/mol. The van der Waals surface area contributed by atoms with E-state index in [0.29, 0.717) is 21.5 Å². The first-order chi connectivity index (χ1) is 14.6. The molecule has 4 rings (SSSR count). The van der Waals surface area contributed by atoms with E-state index in [2.05, 4.69) is 12.1 Å². The summed E-state index contributed by atoms with van der Waals surface area (Å²) in [6.45, 7) is 0. The number of halogens is 2. The average Bonchev–Trinajstić information content (AvgIpc) is 2.79. The highest BCUT2D eigenvalue weighted by atomic mass is 35.5. The van der Waals surface area contributed by atoms with Gasteiger partial charge in [0.15, 0.2) is 11.5 Å². The molecular weight excluding hydrogens is 417 g/mol. The minimum atomic E-state index is 0.674. The summed E-state index contributed by atoms with van der Waals surface area (Å²) in [6.07, 6.45) is 0. The Hall–Kier alpha value is -3.01. The van der Waals surface area contributed by atoms with Crippen molar-refractivity contribution in [2.24, 2.45) is 0 Å². The van der Waals surface area contributed by atoms with Crippen molar-refractivity contribution in [2.75, 3.05) is 14.2 Å². The molecule has 5 heteroatoms. The van der Waals surface area contributed by atoms with Crippen molar-refractivity contribution in [3.8, 4) is 45.1 Å². The summed E-state index contributed by atoms with van der Waals surface area (Å²) in [5.74, 6) is 1.36. The van der Waals surface area contributed by atoms with Crippen molar-refractivity contribution < 1.29 is 9.47 Å². The summed E-state index contributed by atoms with van der Waals surface area (Å²) in [5, 5.41) is 1.38. The lowest BCUT2D eigenvalue weighted by molar-refractivity contribution is 0.355. The van der Waals surface area contributed by atoms with Crippen molar-refractivity contribution in [1.29, 1.82) is 0 Å². The van der Waals surface area contributed by atoms with Gasteiger partial charge in [-0.1, -0.05) is 53.5 Å². The lowest BCUT2D eigenvalue weighted by Crippen LogP contribution is -1.93. The minimum Gasteiger partial charge on any atom is -0.493 e. The highest BCUT2D eigenvalue weighted by molar-refractivity contribution is 6.30. The van der Waals surface area contributed by atoms with Crippen LogP contribution in [0.15, 0.2) is 78.9 Å². The van der Waals surface area contributed by atoms with Crippen LogP contribution in [-0.4, -0.2) is 19.2 Å². The highest BCUT2D eigenvalue weighted by Gasteiger charge is 2.12. The molecule has 0 aliphatic carbocycles. The largest absolute Gasteiger partial charge is 0.493 e. The third kappa shape index (κ3) is 4.28. The Morgan fingerprint density at radius 1 is 0.533 bits per heavy atom. The lowest BCUT2D eigenvalue weighted by atomic mass is 9.99. The first-order valence-corrected chi connectivity index (χ1v) is 10.1. The van der Waals surface area contributed by atoms with E-state index in [1.54, 1.807) is 14.2 Å². The first kappa shape index (κ1) is 20.3. The van der Waals surface area contributed by atoms with Crippen LogP contribution in [0.4, 0.5) is 0 Å². The van der Waals surface area contributed by atoms with E-state index in [0.717, 1.165) is 33.6 Å². The molecule has 0 unspecified atom stereocenters. The molecule has 0 aliphatic rings. The van der Waals surface area contributed by atoms with Gasteiger partial charge in [-0.2, -0.15) is 0 Å². The molecule has 0 N–H and O–H groups in total. The van der Waals surface area contributed by atoms with E-state index < -0.39 is 0 Å². The second-order valence-electron chi connectivity index (χ2n) is 6.71. The minimum absolute atomic E-state index is 0.674. The summed E-state index contributed by atoms with van der Waals surface area (Å²) in [5.41, 5.74) is 5.68. The molecule has 0 amide bonds. The molecule has 1 heterocycles. The van der Waals surface area contributed by atoms with Crippen LogP contribution in [0.2, 0.25) is 10.0 Å². The quantitative estimate of drug-likeness (QED) is 0.327. The number of hydrogen-bond acceptors (Lipinski definition) is 3. The second-order valence-corrected chi connectivity index (χ2v) is 7.58. The van der Waals surface area contributed by atoms with Gasteiger partial charge in [0, 0.05) is 21.2 Å². The number of rotatable bonds is 5. The van der Waals surface area contributed by atoms with E-state index in [-0.39, 0.29) is 0 Å². The molecular formula is C25H19Cl2NO2. The van der Waals surface area contributed by atoms with Crippen molar-refractivity contribution >= 4 is 23.2 Å². The molecule has 0 atom stereocenters.